The van der Waals surface area contributed by atoms with E-state index in [1.165, 1.54) is 5.69 Å². The van der Waals surface area contributed by atoms with Crippen molar-refractivity contribution in [1.29, 1.82) is 0 Å². The molecule has 102 valence electrons. The molecular formula is C15H15N3O2. The molecule has 5 heteroatoms. The number of fused-ring (bicyclic) bond motifs is 1. The Morgan fingerprint density at radius 1 is 1.15 bits per heavy atom. The minimum absolute atomic E-state index is 0.530. The molecule has 0 spiro atoms. The summed E-state index contributed by atoms with van der Waals surface area (Å²) in [5.41, 5.74) is 2.84. The normalized spacial score (nSPS) is 15.9. The first-order chi connectivity index (χ1) is 9.90. The van der Waals surface area contributed by atoms with E-state index in [4.69, 9.17) is 8.83 Å². The fourth-order valence-corrected chi connectivity index (χ4v) is 2.54. The van der Waals surface area contributed by atoms with Gasteiger partial charge in [-0.1, -0.05) is 0 Å². The zero-order valence-electron chi connectivity index (χ0n) is 11.0. The number of rotatable bonds is 2. The van der Waals surface area contributed by atoms with Crippen molar-refractivity contribution < 1.29 is 8.83 Å². The molecule has 0 radical (unpaired) electrons. The molecule has 1 saturated heterocycles. The fourth-order valence-electron chi connectivity index (χ4n) is 2.54. The van der Waals surface area contributed by atoms with Gasteiger partial charge in [0, 0.05) is 37.9 Å². The summed E-state index contributed by atoms with van der Waals surface area (Å²) < 4.78 is 11.1. The van der Waals surface area contributed by atoms with Gasteiger partial charge in [-0.05, 0) is 24.3 Å². The summed E-state index contributed by atoms with van der Waals surface area (Å²) in [6, 6.07) is 9.84. The molecule has 0 bridgehead atoms. The van der Waals surface area contributed by atoms with Gasteiger partial charge in [-0.15, -0.1) is 0 Å². The minimum Gasteiger partial charge on any atom is -0.459 e. The molecule has 20 heavy (non-hydrogen) atoms. The van der Waals surface area contributed by atoms with Crippen LogP contribution in [0.3, 0.4) is 0 Å². The molecular weight excluding hydrogens is 254 g/mol. The third-order valence-electron chi connectivity index (χ3n) is 3.59. The van der Waals surface area contributed by atoms with Crippen molar-refractivity contribution in [2.24, 2.45) is 0 Å². The Bertz CT molecular complexity index is 712. The van der Waals surface area contributed by atoms with Crippen LogP contribution in [0.1, 0.15) is 0 Å². The van der Waals surface area contributed by atoms with E-state index in [2.05, 4.69) is 27.3 Å². The van der Waals surface area contributed by atoms with Crippen LogP contribution >= 0.6 is 0 Å². The first-order valence-corrected chi connectivity index (χ1v) is 6.80. The quantitative estimate of drug-likeness (QED) is 0.774. The standard InChI is InChI=1S/C15H15N3O2/c1-2-13(19-9-1)15-17-12-4-3-11(10-14(12)20-15)18-7-5-16-6-8-18/h1-4,9-10,16H,5-8H2. The van der Waals surface area contributed by atoms with Gasteiger partial charge < -0.3 is 19.1 Å². The van der Waals surface area contributed by atoms with Gasteiger partial charge in [-0.3, -0.25) is 0 Å². The largest absolute Gasteiger partial charge is 0.459 e. The van der Waals surface area contributed by atoms with Crippen LogP contribution in [0.25, 0.3) is 22.8 Å². The molecule has 1 fully saturated rings. The van der Waals surface area contributed by atoms with Crippen LogP contribution in [0.15, 0.2) is 45.4 Å². The number of hydrogen-bond acceptors (Lipinski definition) is 5. The average Bonchev–Trinajstić information content (AvgIpc) is 3.16. The number of aromatic nitrogens is 1. The summed E-state index contributed by atoms with van der Waals surface area (Å²) in [5.74, 6) is 1.19. The monoisotopic (exact) mass is 269 g/mol. The second-order valence-electron chi connectivity index (χ2n) is 4.89. The molecule has 1 aliphatic rings. The molecule has 2 aromatic heterocycles. The third-order valence-corrected chi connectivity index (χ3v) is 3.59. The molecule has 0 aliphatic carbocycles. The van der Waals surface area contributed by atoms with Crippen molar-refractivity contribution in [3.63, 3.8) is 0 Å². The molecule has 3 heterocycles. The number of nitrogens with zero attached hydrogens (tertiary/aromatic N) is 2. The van der Waals surface area contributed by atoms with Crippen molar-refractivity contribution in [2.75, 3.05) is 31.1 Å². The van der Waals surface area contributed by atoms with Gasteiger partial charge in [0.1, 0.15) is 5.52 Å². The molecule has 0 saturated carbocycles. The van der Waals surface area contributed by atoms with Crippen molar-refractivity contribution >= 4 is 16.8 Å². The highest BCUT2D eigenvalue weighted by Crippen LogP contribution is 2.27. The lowest BCUT2D eigenvalue weighted by Crippen LogP contribution is -2.43. The molecule has 1 aromatic carbocycles. The lowest BCUT2D eigenvalue weighted by molar-refractivity contribution is 0.534. The highest BCUT2D eigenvalue weighted by molar-refractivity contribution is 5.79. The smallest absolute Gasteiger partial charge is 0.263 e. The van der Waals surface area contributed by atoms with E-state index >= 15 is 0 Å². The number of anilines is 1. The van der Waals surface area contributed by atoms with E-state index in [1.807, 2.05) is 18.2 Å². The van der Waals surface area contributed by atoms with Crippen molar-refractivity contribution in [3.05, 3.63) is 36.6 Å². The molecule has 0 amide bonds. The summed E-state index contributed by atoms with van der Waals surface area (Å²) in [7, 11) is 0. The molecule has 0 unspecified atom stereocenters. The van der Waals surface area contributed by atoms with E-state index in [9.17, 15) is 0 Å². The zero-order valence-corrected chi connectivity index (χ0v) is 11.0. The molecule has 4 rings (SSSR count). The van der Waals surface area contributed by atoms with Gasteiger partial charge in [0.25, 0.3) is 5.89 Å². The second-order valence-corrected chi connectivity index (χ2v) is 4.89. The number of furan rings is 1. The first kappa shape index (κ1) is 11.5. The Hall–Kier alpha value is -2.27. The van der Waals surface area contributed by atoms with E-state index < -0.39 is 0 Å². The molecule has 3 aromatic rings. The Morgan fingerprint density at radius 3 is 2.85 bits per heavy atom. The molecule has 1 N–H and O–H groups in total. The van der Waals surface area contributed by atoms with Crippen LogP contribution in [-0.4, -0.2) is 31.2 Å². The van der Waals surface area contributed by atoms with Crippen LogP contribution in [0, 0.1) is 0 Å². The maximum Gasteiger partial charge on any atom is 0.263 e. The Balaban J connectivity index is 1.72. The van der Waals surface area contributed by atoms with Crippen LogP contribution in [0.5, 0.6) is 0 Å². The lowest BCUT2D eigenvalue weighted by atomic mass is 10.2. The fraction of sp³-hybridized carbons (Fsp3) is 0.267. The van der Waals surface area contributed by atoms with E-state index in [1.54, 1.807) is 6.26 Å². The summed E-state index contributed by atoms with van der Waals surface area (Å²) in [4.78, 5) is 6.80. The summed E-state index contributed by atoms with van der Waals surface area (Å²) in [6.07, 6.45) is 1.62. The average molecular weight is 269 g/mol. The van der Waals surface area contributed by atoms with Gasteiger partial charge >= 0.3 is 0 Å². The van der Waals surface area contributed by atoms with E-state index in [0.717, 1.165) is 37.3 Å². The second kappa shape index (κ2) is 4.68. The number of piperazine rings is 1. The Labute approximate surface area is 116 Å². The van der Waals surface area contributed by atoms with Gasteiger partial charge in [0.2, 0.25) is 0 Å². The maximum atomic E-state index is 5.80. The highest BCUT2D eigenvalue weighted by Gasteiger charge is 2.14. The number of hydrogen-bond donors (Lipinski definition) is 1. The number of benzene rings is 1. The van der Waals surface area contributed by atoms with Crippen LogP contribution in [-0.2, 0) is 0 Å². The third kappa shape index (κ3) is 1.96. The maximum absolute atomic E-state index is 5.80. The van der Waals surface area contributed by atoms with Crippen molar-refractivity contribution in [2.45, 2.75) is 0 Å². The van der Waals surface area contributed by atoms with Gasteiger partial charge in [-0.2, -0.15) is 0 Å². The summed E-state index contributed by atoms with van der Waals surface area (Å²) in [6.45, 7) is 4.08. The minimum atomic E-state index is 0.530. The summed E-state index contributed by atoms with van der Waals surface area (Å²) >= 11 is 0. The van der Waals surface area contributed by atoms with Crippen LogP contribution < -0.4 is 10.2 Å². The van der Waals surface area contributed by atoms with Crippen LogP contribution in [0.4, 0.5) is 5.69 Å². The predicted octanol–water partition coefficient (Wildman–Crippen LogP) is 2.50. The number of oxazole rings is 1. The zero-order chi connectivity index (χ0) is 13.4. The van der Waals surface area contributed by atoms with Crippen molar-refractivity contribution in [3.8, 4) is 11.7 Å². The first-order valence-electron chi connectivity index (χ1n) is 6.80. The molecule has 0 atom stereocenters. The molecule has 5 nitrogen and oxygen atoms in total. The van der Waals surface area contributed by atoms with E-state index in [-0.39, 0.29) is 0 Å². The highest BCUT2D eigenvalue weighted by atomic mass is 16.4. The summed E-state index contributed by atoms with van der Waals surface area (Å²) in [5, 5.41) is 3.35. The van der Waals surface area contributed by atoms with Gasteiger partial charge in [0.05, 0.1) is 6.26 Å². The van der Waals surface area contributed by atoms with Gasteiger partial charge in [0.15, 0.2) is 11.3 Å². The SMILES string of the molecule is c1coc(-c2nc3ccc(N4CCNCC4)cc3o2)c1. The number of nitrogens with one attached hydrogen (secondary N) is 1. The Kier molecular flexibility index (Phi) is 2.70. The Morgan fingerprint density at radius 2 is 2.05 bits per heavy atom. The lowest BCUT2D eigenvalue weighted by Gasteiger charge is -2.29. The molecule has 1 aliphatic heterocycles. The topological polar surface area (TPSA) is 54.4 Å². The van der Waals surface area contributed by atoms with E-state index in [0.29, 0.717) is 11.7 Å². The van der Waals surface area contributed by atoms with Gasteiger partial charge in [-0.25, -0.2) is 4.98 Å². The van der Waals surface area contributed by atoms with Crippen molar-refractivity contribution in [1.82, 2.24) is 10.3 Å². The predicted molar refractivity (Wildman–Crippen MR) is 76.8 cm³/mol. The van der Waals surface area contributed by atoms with Crippen LogP contribution in [0.2, 0.25) is 0 Å².